The number of amides is 1. The van der Waals surface area contributed by atoms with Crippen LogP contribution in [-0.2, 0) is 0 Å². The molecule has 1 heterocycles. The van der Waals surface area contributed by atoms with Crippen LogP contribution in [0.15, 0.2) is 12.1 Å². The van der Waals surface area contributed by atoms with Crippen LogP contribution in [0, 0.1) is 0 Å². The zero-order valence-electron chi connectivity index (χ0n) is 10.5. The van der Waals surface area contributed by atoms with Gasteiger partial charge >= 0.3 is 0 Å². The molecule has 0 atom stereocenters. The highest BCUT2D eigenvalue weighted by molar-refractivity contribution is 7.81. The van der Waals surface area contributed by atoms with Crippen LogP contribution in [0.5, 0.6) is 0 Å². The van der Waals surface area contributed by atoms with E-state index in [0.717, 1.165) is 16.6 Å². The first-order chi connectivity index (χ1) is 9.34. The maximum Gasteiger partial charge on any atom is 0.248 e. The molecule has 3 rings (SSSR count). The number of benzene rings is 2. The second-order valence-electron chi connectivity index (χ2n) is 4.66. The quantitative estimate of drug-likeness (QED) is 0.552. The lowest BCUT2D eigenvalue weighted by Gasteiger charge is -2.17. The lowest BCUT2D eigenvalue weighted by Crippen LogP contribution is -2.21. The van der Waals surface area contributed by atoms with E-state index >= 15 is 0 Å². The minimum atomic E-state index is -0.547. The fourth-order valence-electron chi connectivity index (χ4n) is 2.55. The number of nitrogens with zero attached hydrogens (tertiary/aromatic N) is 1. The molecular formula is C13H11ClN4OS. The molecule has 0 aromatic heterocycles. The Morgan fingerprint density at radius 2 is 1.95 bits per heavy atom. The van der Waals surface area contributed by atoms with Crippen molar-refractivity contribution in [2.75, 3.05) is 23.4 Å². The van der Waals surface area contributed by atoms with Crippen LogP contribution in [-0.4, -0.2) is 17.9 Å². The third-order valence-corrected chi connectivity index (χ3v) is 4.45. The molecule has 0 spiro atoms. The minimum Gasteiger partial charge on any atom is -0.397 e. The smallest absolute Gasteiger partial charge is 0.248 e. The van der Waals surface area contributed by atoms with Crippen LogP contribution in [0.1, 0.15) is 15.9 Å². The van der Waals surface area contributed by atoms with Crippen molar-refractivity contribution in [2.45, 2.75) is 0 Å². The Bertz CT molecular complexity index is 818. The number of nitrogen functional groups attached to an aromatic ring is 2. The first kappa shape index (κ1) is 13.0. The molecule has 1 aliphatic rings. The summed E-state index contributed by atoms with van der Waals surface area (Å²) in [6.07, 6.45) is 0. The maximum atomic E-state index is 11.4. The standard InChI is InChI=1S/C13H11ClN4OS/c1-18-11-7-5(9(15)8(14)10(11)16)2-4(12(17)19)3-6(7)13(18)20/h2-3H,15-16H2,1H3,(H2,17,19). The van der Waals surface area contributed by atoms with Crippen molar-refractivity contribution in [3.63, 3.8) is 0 Å². The molecule has 1 aliphatic heterocycles. The molecule has 0 fully saturated rings. The van der Waals surface area contributed by atoms with Gasteiger partial charge in [-0.1, -0.05) is 23.8 Å². The van der Waals surface area contributed by atoms with E-state index in [9.17, 15) is 4.79 Å². The van der Waals surface area contributed by atoms with Gasteiger partial charge in [0.2, 0.25) is 5.91 Å². The number of hydrogen-bond acceptors (Lipinski definition) is 4. The highest BCUT2D eigenvalue weighted by atomic mass is 35.5. The Morgan fingerprint density at radius 3 is 2.55 bits per heavy atom. The Hall–Kier alpha value is -2.05. The average molecular weight is 307 g/mol. The number of halogens is 1. The summed E-state index contributed by atoms with van der Waals surface area (Å²) in [7, 11) is 1.80. The van der Waals surface area contributed by atoms with Crippen LogP contribution < -0.4 is 22.1 Å². The van der Waals surface area contributed by atoms with Gasteiger partial charge in [-0.25, -0.2) is 0 Å². The van der Waals surface area contributed by atoms with Gasteiger partial charge in [-0.2, -0.15) is 0 Å². The highest BCUT2D eigenvalue weighted by Crippen LogP contribution is 2.48. The molecule has 0 bridgehead atoms. The predicted molar refractivity (Wildman–Crippen MR) is 86.4 cm³/mol. The van der Waals surface area contributed by atoms with Gasteiger partial charge in [0.1, 0.15) is 4.99 Å². The lowest BCUT2D eigenvalue weighted by molar-refractivity contribution is 0.100. The number of rotatable bonds is 1. The maximum absolute atomic E-state index is 11.4. The van der Waals surface area contributed by atoms with Gasteiger partial charge in [0.15, 0.2) is 0 Å². The zero-order valence-corrected chi connectivity index (χ0v) is 12.1. The van der Waals surface area contributed by atoms with E-state index in [1.54, 1.807) is 24.1 Å². The van der Waals surface area contributed by atoms with Crippen molar-refractivity contribution in [3.05, 3.63) is 28.3 Å². The summed E-state index contributed by atoms with van der Waals surface area (Å²) >= 11 is 11.6. The summed E-state index contributed by atoms with van der Waals surface area (Å²) < 4.78 is 0. The van der Waals surface area contributed by atoms with Crippen molar-refractivity contribution in [1.29, 1.82) is 0 Å². The first-order valence-electron chi connectivity index (χ1n) is 5.76. The molecule has 7 heteroatoms. The molecule has 0 saturated heterocycles. The molecule has 2 aromatic carbocycles. The van der Waals surface area contributed by atoms with Gasteiger partial charge < -0.3 is 22.1 Å². The van der Waals surface area contributed by atoms with E-state index in [-0.39, 0.29) is 5.02 Å². The molecule has 0 saturated carbocycles. The Kier molecular flexibility index (Phi) is 2.57. The topological polar surface area (TPSA) is 98.4 Å². The van der Waals surface area contributed by atoms with E-state index in [1.165, 1.54) is 0 Å². The molecule has 0 unspecified atom stereocenters. The van der Waals surface area contributed by atoms with Crippen molar-refractivity contribution >= 4 is 62.5 Å². The Labute approximate surface area is 125 Å². The third-order valence-electron chi connectivity index (χ3n) is 3.55. The summed E-state index contributed by atoms with van der Waals surface area (Å²) in [4.78, 5) is 13.8. The van der Waals surface area contributed by atoms with Crippen LogP contribution >= 0.6 is 23.8 Å². The zero-order chi connectivity index (χ0) is 14.8. The van der Waals surface area contributed by atoms with Crippen LogP contribution in [0.3, 0.4) is 0 Å². The number of primary amides is 1. The molecule has 1 amide bonds. The van der Waals surface area contributed by atoms with Gasteiger partial charge in [-0.3, -0.25) is 4.79 Å². The van der Waals surface area contributed by atoms with Crippen LogP contribution in [0.2, 0.25) is 5.02 Å². The van der Waals surface area contributed by atoms with Crippen molar-refractivity contribution < 1.29 is 4.79 Å². The summed E-state index contributed by atoms with van der Waals surface area (Å²) in [5, 5.41) is 1.70. The molecule has 0 radical (unpaired) electrons. The highest BCUT2D eigenvalue weighted by Gasteiger charge is 2.30. The Balaban J connectivity index is 2.58. The number of hydrogen-bond donors (Lipinski definition) is 3. The third kappa shape index (κ3) is 1.43. The Morgan fingerprint density at radius 1 is 1.30 bits per heavy atom. The van der Waals surface area contributed by atoms with Gasteiger partial charge in [-0.05, 0) is 12.1 Å². The van der Waals surface area contributed by atoms with Gasteiger partial charge in [0, 0.05) is 28.9 Å². The van der Waals surface area contributed by atoms with E-state index in [0.29, 0.717) is 27.3 Å². The molecule has 6 N–H and O–H groups in total. The summed E-state index contributed by atoms with van der Waals surface area (Å²) in [6.45, 7) is 0. The van der Waals surface area contributed by atoms with Crippen molar-refractivity contribution in [1.82, 2.24) is 0 Å². The average Bonchev–Trinajstić information content (AvgIpc) is 2.67. The van der Waals surface area contributed by atoms with Gasteiger partial charge in [0.25, 0.3) is 0 Å². The molecule has 5 nitrogen and oxygen atoms in total. The van der Waals surface area contributed by atoms with E-state index in [2.05, 4.69) is 0 Å². The normalized spacial score (nSPS) is 13.3. The second-order valence-corrected chi connectivity index (χ2v) is 5.43. The number of nitrogens with two attached hydrogens (primary N) is 3. The lowest BCUT2D eigenvalue weighted by atomic mass is 9.99. The molecular weight excluding hydrogens is 296 g/mol. The van der Waals surface area contributed by atoms with Crippen molar-refractivity contribution in [3.8, 4) is 0 Å². The van der Waals surface area contributed by atoms with Crippen LogP contribution in [0.4, 0.5) is 17.1 Å². The fraction of sp³-hybridized carbons (Fsp3) is 0.0769. The van der Waals surface area contributed by atoms with E-state index in [4.69, 9.17) is 41.0 Å². The second kappa shape index (κ2) is 3.97. The van der Waals surface area contributed by atoms with E-state index < -0.39 is 5.91 Å². The molecule has 20 heavy (non-hydrogen) atoms. The summed E-state index contributed by atoms with van der Waals surface area (Å²) in [5.41, 5.74) is 19.9. The fourth-order valence-corrected chi connectivity index (χ4v) is 3.00. The first-order valence-corrected chi connectivity index (χ1v) is 6.55. The number of thiocarbonyl (C=S) groups is 1. The number of carbonyl (C=O) groups is 1. The molecule has 0 aliphatic carbocycles. The number of anilines is 3. The summed E-state index contributed by atoms with van der Waals surface area (Å²) in [5.74, 6) is -0.547. The number of carbonyl (C=O) groups excluding carboxylic acids is 1. The largest absolute Gasteiger partial charge is 0.397 e. The summed E-state index contributed by atoms with van der Waals surface area (Å²) in [6, 6.07) is 3.28. The predicted octanol–water partition coefficient (Wildman–Crippen LogP) is 1.88. The van der Waals surface area contributed by atoms with Gasteiger partial charge in [0.05, 0.1) is 22.1 Å². The van der Waals surface area contributed by atoms with Crippen LogP contribution in [0.25, 0.3) is 10.8 Å². The minimum absolute atomic E-state index is 0.261. The van der Waals surface area contributed by atoms with Gasteiger partial charge in [-0.15, -0.1) is 0 Å². The van der Waals surface area contributed by atoms with Crippen molar-refractivity contribution in [2.24, 2.45) is 5.73 Å². The molecule has 102 valence electrons. The SMILES string of the molecule is CN1C(=S)c2cc(C(N)=O)cc3c(N)c(Cl)c(N)c1c23. The van der Waals surface area contributed by atoms with E-state index in [1.807, 2.05) is 0 Å². The monoisotopic (exact) mass is 306 g/mol. The molecule has 2 aromatic rings.